The largest absolute Gasteiger partial charge is 0.0851 e. The average Bonchev–Trinajstić information content (AvgIpc) is 3.14. The van der Waals surface area contributed by atoms with Crippen molar-refractivity contribution in [3.63, 3.8) is 0 Å². The van der Waals surface area contributed by atoms with Crippen molar-refractivity contribution in [2.75, 3.05) is 0 Å². The van der Waals surface area contributed by atoms with Gasteiger partial charge >= 0.3 is 0 Å². The summed E-state index contributed by atoms with van der Waals surface area (Å²) in [6.45, 7) is 2.28. The van der Waals surface area contributed by atoms with Crippen LogP contribution in [-0.4, -0.2) is 0 Å². The fourth-order valence-electron chi connectivity index (χ4n) is 5.70. The Kier molecular flexibility index (Phi) is 2.63. The Labute approximate surface area is 133 Å². The molecule has 0 heterocycles. The zero-order valence-electron chi connectivity index (χ0n) is 13.4. The maximum Gasteiger partial charge on any atom is 0.00246 e. The Balaban J connectivity index is 1.77. The van der Waals surface area contributed by atoms with Crippen molar-refractivity contribution in [1.82, 2.24) is 0 Å². The monoisotopic (exact) mass is 288 g/mol. The molecule has 0 amide bonds. The van der Waals surface area contributed by atoms with E-state index in [0.29, 0.717) is 5.41 Å². The smallest absolute Gasteiger partial charge is 0.00246 e. The summed E-state index contributed by atoms with van der Waals surface area (Å²) in [6, 6.07) is 12.0. The van der Waals surface area contributed by atoms with Crippen molar-refractivity contribution in [1.29, 1.82) is 0 Å². The van der Waals surface area contributed by atoms with Gasteiger partial charge in [0.15, 0.2) is 0 Å². The third-order valence-corrected chi connectivity index (χ3v) is 6.69. The van der Waals surface area contributed by atoms with Gasteiger partial charge in [-0.15, -0.1) is 0 Å². The second kappa shape index (κ2) is 4.47. The van der Waals surface area contributed by atoms with Crippen molar-refractivity contribution in [2.45, 2.75) is 50.9 Å². The van der Waals surface area contributed by atoms with Crippen LogP contribution in [0.15, 0.2) is 42.5 Å². The summed E-state index contributed by atoms with van der Waals surface area (Å²) in [5.41, 5.74) is 5.35. The first-order valence-electron chi connectivity index (χ1n) is 9.03. The minimum Gasteiger partial charge on any atom is -0.0851 e. The van der Waals surface area contributed by atoms with Crippen molar-refractivity contribution in [3.8, 4) is 0 Å². The van der Waals surface area contributed by atoms with E-state index < -0.39 is 0 Å². The van der Waals surface area contributed by atoms with Crippen molar-refractivity contribution >= 4 is 10.8 Å². The van der Waals surface area contributed by atoms with Crippen LogP contribution in [0, 0.1) is 11.8 Å². The van der Waals surface area contributed by atoms with Gasteiger partial charge in [-0.05, 0) is 77.8 Å². The minimum atomic E-state index is 0.474. The van der Waals surface area contributed by atoms with E-state index in [9.17, 15) is 0 Å². The molecular formula is C22H24. The van der Waals surface area contributed by atoms with Crippen LogP contribution in [0.1, 0.15) is 49.3 Å². The molecule has 1 fully saturated rings. The number of aryl methyl sites for hydroxylation is 2. The highest BCUT2D eigenvalue weighted by Crippen LogP contribution is 2.58. The Bertz CT molecular complexity index is 782. The SMILES string of the molecule is CCc1cccc2cc3c(cc12)C1(CCC3)CC2C=CC1C2. The third kappa shape index (κ3) is 1.59. The van der Waals surface area contributed by atoms with Crippen LogP contribution in [0.5, 0.6) is 0 Å². The quantitative estimate of drug-likeness (QED) is 0.602. The molecule has 2 bridgehead atoms. The fourth-order valence-corrected chi connectivity index (χ4v) is 5.70. The van der Waals surface area contributed by atoms with E-state index in [-0.39, 0.29) is 0 Å². The van der Waals surface area contributed by atoms with Gasteiger partial charge in [0, 0.05) is 5.41 Å². The fraction of sp³-hybridized carbons (Fsp3) is 0.455. The lowest BCUT2D eigenvalue weighted by molar-refractivity contribution is 0.304. The molecule has 112 valence electrons. The molecule has 0 radical (unpaired) electrons. The van der Waals surface area contributed by atoms with Crippen LogP contribution >= 0.6 is 0 Å². The maximum atomic E-state index is 2.59. The highest BCUT2D eigenvalue weighted by atomic mass is 14.5. The molecule has 0 nitrogen and oxygen atoms in total. The molecule has 22 heavy (non-hydrogen) atoms. The number of fused-ring (bicyclic) bond motifs is 6. The average molecular weight is 288 g/mol. The summed E-state index contributed by atoms with van der Waals surface area (Å²) in [5.74, 6) is 1.66. The van der Waals surface area contributed by atoms with Gasteiger partial charge in [-0.25, -0.2) is 0 Å². The molecule has 2 aromatic carbocycles. The van der Waals surface area contributed by atoms with E-state index in [1.54, 1.807) is 11.1 Å². The lowest BCUT2D eigenvalue weighted by Crippen LogP contribution is -2.35. The summed E-state index contributed by atoms with van der Waals surface area (Å²) >= 11 is 0. The molecule has 0 saturated heterocycles. The summed E-state index contributed by atoms with van der Waals surface area (Å²) in [7, 11) is 0. The van der Waals surface area contributed by atoms with Crippen LogP contribution in [0.25, 0.3) is 10.8 Å². The number of hydrogen-bond donors (Lipinski definition) is 0. The van der Waals surface area contributed by atoms with E-state index in [1.807, 2.05) is 0 Å². The van der Waals surface area contributed by atoms with Gasteiger partial charge in [0.25, 0.3) is 0 Å². The Morgan fingerprint density at radius 3 is 2.91 bits per heavy atom. The van der Waals surface area contributed by atoms with Gasteiger partial charge in [0.1, 0.15) is 0 Å². The lowest BCUT2D eigenvalue weighted by atomic mass is 9.62. The van der Waals surface area contributed by atoms with Gasteiger partial charge in [0.05, 0.1) is 0 Å². The van der Waals surface area contributed by atoms with Crippen molar-refractivity contribution < 1.29 is 0 Å². The molecule has 3 aliphatic carbocycles. The van der Waals surface area contributed by atoms with Crippen LogP contribution < -0.4 is 0 Å². The second-order valence-electron chi connectivity index (χ2n) is 7.70. The molecule has 0 aliphatic heterocycles. The van der Waals surface area contributed by atoms with Gasteiger partial charge < -0.3 is 0 Å². The van der Waals surface area contributed by atoms with E-state index >= 15 is 0 Å². The topological polar surface area (TPSA) is 0 Å². The molecule has 3 aliphatic rings. The molecule has 0 heteroatoms. The second-order valence-corrected chi connectivity index (χ2v) is 7.70. The normalized spacial score (nSPS) is 32.0. The van der Waals surface area contributed by atoms with E-state index in [0.717, 1.165) is 18.3 Å². The molecular weight excluding hydrogens is 264 g/mol. The number of hydrogen-bond acceptors (Lipinski definition) is 0. The van der Waals surface area contributed by atoms with Gasteiger partial charge in [0.2, 0.25) is 0 Å². The third-order valence-electron chi connectivity index (χ3n) is 6.69. The minimum absolute atomic E-state index is 0.474. The number of allylic oxidation sites excluding steroid dienone is 2. The molecule has 3 atom stereocenters. The standard InChI is InChI=1S/C22H24/c1-2-16-5-3-6-17-12-18-7-4-10-22(21(18)13-20(16)17)14-15-8-9-19(22)11-15/h3,5-6,8-9,12-13,15,19H,2,4,7,10-11,14H2,1H3. The first kappa shape index (κ1) is 12.9. The van der Waals surface area contributed by atoms with Crippen LogP contribution in [0.4, 0.5) is 0 Å². The lowest BCUT2D eigenvalue weighted by Gasteiger charge is -2.41. The first-order valence-corrected chi connectivity index (χ1v) is 9.03. The molecule has 2 aromatic rings. The van der Waals surface area contributed by atoms with Gasteiger partial charge in [-0.1, -0.05) is 49.4 Å². The first-order chi connectivity index (χ1) is 10.8. The number of rotatable bonds is 1. The number of benzene rings is 2. The van der Waals surface area contributed by atoms with Gasteiger partial charge in [-0.3, -0.25) is 0 Å². The highest BCUT2D eigenvalue weighted by Gasteiger charge is 2.50. The molecule has 0 N–H and O–H groups in total. The van der Waals surface area contributed by atoms with Crippen LogP contribution in [-0.2, 0) is 18.3 Å². The van der Waals surface area contributed by atoms with Gasteiger partial charge in [-0.2, -0.15) is 0 Å². The molecule has 1 spiro atoms. The molecule has 3 unspecified atom stereocenters. The molecule has 1 saturated carbocycles. The van der Waals surface area contributed by atoms with Crippen LogP contribution in [0.3, 0.4) is 0 Å². The van der Waals surface area contributed by atoms with E-state index in [1.165, 1.54) is 48.4 Å². The summed E-state index contributed by atoms with van der Waals surface area (Å²) in [5, 5.41) is 2.96. The zero-order chi connectivity index (χ0) is 14.7. The molecule has 5 rings (SSSR count). The zero-order valence-corrected chi connectivity index (χ0v) is 13.4. The van der Waals surface area contributed by atoms with Crippen molar-refractivity contribution in [2.24, 2.45) is 11.8 Å². The van der Waals surface area contributed by atoms with Crippen LogP contribution in [0.2, 0.25) is 0 Å². The van der Waals surface area contributed by atoms with Crippen molar-refractivity contribution in [3.05, 3.63) is 59.2 Å². The predicted molar refractivity (Wildman–Crippen MR) is 93.3 cm³/mol. The van der Waals surface area contributed by atoms with E-state index in [2.05, 4.69) is 49.4 Å². The predicted octanol–water partition coefficient (Wildman–Crippen LogP) is 5.57. The van der Waals surface area contributed by atoms with E-state index in [4.69, 9.17) is 0 Å². The highest BCUT2D eigenvalue weighted by molar-refractivity contribution is 5.87. The maximum absolute atomic E-state index is 2.59. The Morgan fingerprint density at radius 2 is 2.14 bits per heavy atom. The summed E-state index contributed by atoms with van der Waals surface area (Å²) in [4.78, 5) is 0. The Hall–Kier alpha value is -1.56. The molecule has 0 aromatic heterocycles. The summed E-state index contributed by atoms with van der Waals surface area (Å²) in [6.07, 6.45) is 13.0. The Morgan fingerprint density at radius 1 is 1.18 bits per heavy atom. The summed E-state index contributed by atoms with van der Waals surface area (Å²) < 4.78 is 0.